The number of para-hydroxylation sites is 1. The van der Waals surface area contributed by atoms with E-state index in [-0.39, 0.29) is 0 Å². The summed E-state index contributed by atoms with van der Waals surface area (Å²) in [5.41, 5.74) is 2.28. The number of unbranched alkanes of at least 4 members (excludes halogenated alkanes) is 3. The second-order valence-electron chi connectivity index (χ2n) is 5.22. The van der Waals surface area contributed by atoms with Gasteiger partial charge in [-0.25, -0.2) is 0 Å². The fourth-order valence-electron chi connectivity index (χ4n) is 2.70. The van der Waals surface area contributed by atoms with Crippen LogP contribution < -0.4 is 5.32 Å². The highest BCUT2D eigenvalue weighted by molar-refractivity contribution is 5.81. The van der Waals surface area contributed by atoms with Crippen molar-refractivity contribution in [1.29, 1.82) is 0 Å². The first-order chi connectivity index (χ1) is 9.86. The summed E-state index contributed by atoms with van der Waals surface area (Å²) in [6.07, 6.45) is 9.96. The molecule has 2 rings (SSSR count). The highest BCUT2D eigenvalue weighted by atomic mass is 16.3. The van der Waals surface area contributed by atoms with Crippen molar-refractivity contribution in [2.45, 2.75) is 45.1 Å². The molecule has 0 bridgehead atoms. The third-order valence-electron chi connectivity index (χ3n) is 3.74. The maximum atomic E-state index is 5.67. The second-order valence-corrected chi connectivity index (χ2v) is 5.22. The average Bonchev–Trinajstić information content (AvgIpc) is 2.90. The van der Waals surface area contributed by atoms with Crippen LogP contribution in [-0.2, 0) is 0 Å². The molecule has 0 aliphatic carbocycles. The molecule has 0 amide bonds. The van der Waals surface area contributed by atoms with Crippen molar-refractivity contribution in [2.24, 2.45) is 0 Å². The van der Waals surface area contributed by atoms with Gasteiger partial charge in [0, 0.05) is 17.0 Å². The minimum atomic E-state index is 0.396. The Labute approximate surface area is 121 Å². The third-order valence-corrected chi connectivity index (χ3v) is 3.74. The number of rotatable bonds is 9. The predicted octanol–water partition coefficient (Wildman–Crippen LogP) is 5.22. The molecule has 0 fully saturated rings. The molecule has 0 saturated carbocycles. The normalized spacial score (nSPS) is 12.7. The van der Waals surface area contributed by atoms with Crippen LogP contribution in [0.3, 0.4) is 0 Å². The van der Waals surface area contributed by atoms with E-state index < -0.39 is 0 Å². The minimum absolute atomic E-state index is 0.396. The van der Waals surface area contributed by atoms with Gasteiger partial charge >= 0.3 is 0 Å². The van der Waals surface area contributed by atoms with Gasteiger partial charge < -0.3 is 9.73 Å². The van der Waals surface area contributed by atoms with Crippen LogP contribution in [-0.4, -0.2) is 6.54 Å². The predicted molar refractivity (Wildman–Crippen MR) is 85.9 cm³/mol. The van der Waals surface area contributed by atoms with Crippen molar-refractivity contribution in [3.8, 4) is 0 Å². The lowest BCUT2D eigenvalue weighted by molar-refractivity contribution is 0.479. The van der Waals surface area contributed by atoms with Gasteiger partial charge in [-0.15, -0.1) is 6.58 Å². The Morgan fingerprint density at radius 3 is 2.90 bits per heavy atom. The van der Waals surface area contributed by atoms with Crippen LogP contribution in [0.25, 0.3) is 11.0 Å². The van der Waals surface area contributed by atoms with Crippen LogP contribution in [0.1, 0.15) is 50.6 Å². The topological polar surface area (TPSA) is 25.2 Å². The van der Waals surface area contributed by atoms with Crippen molar-refractivity contribution in [3.63, 3.8) is 0 Å². The first-order valence-corrected chi connectivity index (χ1v) is 7.67. The molecule has 2 heteroatoms. The molecule has 1 aromatic carbocycles. The average molecular weight is 271 g/mol. The maximum Gasteiger partial charge on any atom is 0.134 e. The Hall–Kier alpha value is -1.54. The number of nitrogens with one attached hydrogen (secondary N) is 1. The van der Waals surface area contributed by atoms with E-state index in [4.69, 9.17) is 4.42 Å². The Kier molecular flexibility index (Phi) is 5.87. The van der Waals surface area contributed by atoms with Gasteiger partial charge in [0.2, 0.25) is 0 Å². The smallest absolute Gasteiger partial charge is 0.134 e. The van der Waals surface area contributed by atoms with E-state index >= 15 is 0 Å². The van der Waals surface area contributed by atoms with Crippen molar-refractivity contribution in [1.82, 2.24) is 5.32 Å². The van der Waals surface area contributed by atoms with E-state index in [1.54, 1.807) is 0 Å². The Balaban J connectivity index is 2.02. The van der Waals surface area contributed by atoms with E-state index in [1.165, 1.54) is 30.2 Å². The molecule has 0 radical (unpaired) electrons. The van der Waals surface area contributed by atoms with Gasteiger partial charge in [0.1, 0.15) is 5.58 Å². The molecule has 0 spiro atoms. The first-order valence-electron chi connectivity index (χ1n) is 7.67. The van der Waals surface area contributed by atoms with Crippen LogP contribution in [0, 0.1) is 0 Å². The summed E-state index contributed by atoms with van der Waals surface area (Å²) in [6.45, 7) is 6.92. The highest BCUT2D eigenvalue weighted by Gasteiger charge is 2.15. The zero-order chi connectivity index (χ0) is 14.2. The van der Waals surface area contributed by atoms with Gasteiger partial charge in [-0.05, 0) is 31.9 Å². The lowest BCUT2D eigenvalue weighted by atomic mass is 9.99. The standard InChI is InChI=1S/C18H25NO/c1-3-5-6-7-8-12-17(19-4-2)16-14-20-18-13-10-9-11-15(16)18/h3,9-11,13-14,17,19H,1,4-8,12H2,2H3. The van der Waals surface area contributed by atoms with Crippen LogP contribution in [0.4, 0.5) is 0 Å². The summed E-state index contributed by atoms with van der Waals surface area (Å²) in [5, 5.41) is 4.83. The molecule has 108 valence electrons. The molecule has 1 atom stereocenters. The zero-order valence-corrected chi connectivity index (χ0v) is 12.4. The largest absolute Gasteiger partial charge is 0.464 e. The van der Waals surface area contributed by atoms with Crippen molar-refractivity contribution in [3.05, 3.63) is 48.7 Å². The summed E-state index contributed by atoms with van der Waals surface area (Å²) in [5.74, 6) is 0. The fraction of sp³-hybridized carbons (Fsp3) is 0.444. The highest BCUT2D eigenvalue weighted by Crippen LogP contribution is 2.29. The molecule has 0 aliphatic rings. The SMILES string of the molecule is C=CCCCCCC(NCC)c1coc2ccccc12. The molecule has 1 heterocycles. The molecule has 0 saturated heterocycles. The number of fused-ring (bicyclic) bond motifs is 1. The Bertz CT molecular complexity index is 529. The molecule has 2 nitrogen and oxygen atoms in total. The fourth-order valence-corrected chi connectivity index (χ4v) is 2.70. The Morgan fingerprint density at radius 2 is 2.10 bits per heavy atom. The number of furan rings is 1. The lowest BCUT2D eigenvalue weighted by Gasteiger charge is -2.16. The molecule has 1 aromatic heterocycles. The van der Waals surface area contributed by atoms with Crippen LogP contribution in [0.15, 0.2) is 47.6 Å². The number of benzene rings is 1. The van der Waals surface area contributed by atoms with Gasteiger partial charge in [0.15, 0.2) is 0 Å². The van der Waals surface area contributed by atoms with Gasteiger partial charge in [0.05, 0.1) is 6.26 Å². The number of hydrogen-bond acceptors (Lipinski definition) is 2. The van der Waals surface area contributed by atoms with Gasteiger partial charge in [0.25, 0.3) is 0 Å². The first kappa shape index (κ1) is 14.9. The van der Waals surface area contributed by atoms with Crippen molar-refractivity contribution in [2.75, 3.05) is 6.54 Å². The molecule has 20 heavy (non-hydrogen) atoms. The maximum absolute atomic E-state index is 5.67. The molecule has 1 unspecified atom stereocenters. The van der Waals surface area contributed by atoms with Crippen LogP contribution in [0.2, 0.25) is 0 Å². The molecular formula is C18H25NO. The van der Waals surface area contributed by atoms with E-state index in [0.29, 0.717) is 6.04 Å². The third kappa shape index (κ3) is 3.73. The zero-order valence-electron chi connectivity index (χ0n) is 12.4. The van der Waals surface area contributed by atoms with Gasteiger partial charge in [-0.3, -0.25) is 0 Å². The van der Waals surface area contributed by atoms with E-state index in [2.05, 4.69) is 31.0 Å². The molecule has 2 aromatic rings. The lowest BCUT2D eigenvalue weighted by Crippen LogP contribution is -2.20. The quantitative estimate of drug-likeness (QED) is 0.499. The van der Waals surface area contributed by atoms with Crippen molar-refractivity contribution >= 4 is 11.0 Å². The summed E-state index contributed by atoms with van der Waals surface area (Å²) in [4.78, 5) is 0. The Morgan fingerprint density at radius 1 is 1.25 bits per heavy atom. The van der Waals surface area contributed by atoms with Gasteiger partial charge in [-0.1, -0.05) is 44.0 Å². The van der Waals surface area contributed by atoms with E-state index in [0.717, 1.165) is 25.0 Å². The summed E-state index contributed by atoms with van der Waals surface area (Å²) in [6, 6.07) is 8.68. The van der Waals surface area contributed by atoms with Crippen molar-refractivity contribution < 1.29 is 4.42 Å². The molecule has 1 N–H and O–H groups in total. The summed E-state index contributed by atoms with van der Waals surface area (Å²) in [7, 11) is 0. The van der Waals surface area contributed by atoms with E-state index in [9.17, 15) is 0 Å². The van der Waals surface area contributed by atoms with E-state index in [1.807, 2.05) is 24.5 Å². The number of allylic oxidation sites excluding steroid dienone is 1. The minimum Gasteiger partial charge on any atom is -0.464 e. The second kappa shape index (κ2) is 7.91. The molecule has 0 aliphatic heterocycles. The summed E-state index contributed by atoms with van der Waals surface area (Å²) >= 11 is 0. The van der Waals surface area contributed by atoms with Gasteiger partial charge in [-0.2, -0.15) is 0 Å². The number of hydrogen-bond donors (Lipinski definition) is 1. The van der Waals surface area contributed by atoms with Crippen LogP contribution >= 0.6 is 0 Å². The van der Waals surface area contributed by atoms with Crippen LogP contribution in [0.5, 0.6) is 0 Å². The molecular weight excluding hydrogens is 246 g/mol. The monoisotopic (exact) mass is 271 g/mol. The summed E-state index contributed by atoms with van der Waals surface area (Å²) < 4.78 is 5.67.